The lowest BCUT2D eigenvalue weighted by Gasteiger charge is -2.13. The average Bonchev–Trinajstić information content (AvgIpc) is 2.19. The van der Waals surface area contributed by atoms with Gasteiger partial charge < -0.3 is 9.47 Å². The first-order valence-electron chi connectivity index (χ1n) is 4.64. The summed E-state index contributed by atoms with van der Waals surface area (Å²) in [6, 6.07) is 4.68. The van der Waals surface area contributed by atoms with Gasteiger partial charge in [-0.2, -0.15) is 8.78 Å². The molecule has 5 heteroatoms. The van der Waals surface area contributed by atoms with Crippen molar-refractivity contribution in [1.29, 1.82) is 0 Å². The van der Waals surface area contributed by atoms with Gasteiger partial charge in [-0.3, -0.25) is 4.79 Å². The smallest absolute Gasteiger partial charge is 0.387 e. The van der Waals surface area contributed by atoms with Crippen LogP contribution in [0.1, 0.15) is 12.5 Å². The number of Topliss-reactive ketones (excluding diaryl/α,β-unsaturated/α-hetero) is 1. The molecule has 88 valence electrons. The third kappa shape index (κ3) is 3.18. The lowest BCUT2D eigenvalue weighted by Crippen LogP contribution is -2.08. The van der Waals surface area contributed by atoms with Crippen LogP contribution in [0.3, 0.4) is 0 Å². The van der Waals surface area contributed by atoms with E-state index in [0.717, 1.165) is 0 Å². The topological polar surface area (TPSA) is 35.5 Å². The summed E-state index contributed by atoms with van der Waals surface area (Å²) in [6.45, 7) is -1.56. The molecule has 0 N–H and O–H groups in total. The van der Waals surface area contributed by atoms with Crippen LogP contribution in [-0.2, 0) is 11.2 Å². The fourth-order valence-electron chi connectivity index (χ4n) is 1.35. The molecule has 1 rings (SSSR count). The van der Waals surface area contributed by atoms with E-state index >= 15 is 0 Å². The Morgan fingerprint density at radius 2 is 2.12 bits per heavy atom. The Morgan fingerprint density at radius 1 is 1.44 bits per heavy atom. The largest absolute Gasteiger partial charge is 0.493 e. The first-order chi connectivity index (χ1) is 7.54. The molecule has 0 radical (unpaired) electrons. The minimum Gasteiger partial charge on any atom is -0.493 e. The first kappa shape index (κ1) is 12.4. The summed E-state index contributed by atoms with van der Waals surface area (Å²) in [5.41, 5.74) is 0.396. The molecule has 0 atom stereocenters. The summed E-state index contributed by atoms with van der Waals surface area (Å²) < 4.78 is 33.6. The molecule has 3 nitrogen and oxygen atoms in total. The van der Waals surface area contributed by atoms with E-state index in [1.54, 1.807) is 12.1 Å². The van der Waals surface area contributed by atoms with Crippen molar-refractivity contribution in [2.24, 2.45) is 0 Å². The van der Waals surface area contributed by atoms with Gasteiger partial charge >= 0.3 is 6.61 Å². The Hall–Kier alpha value is -1.65. The van der Waals surface area contributed by atoms with Crippen molar-refractivity contribution in [1.82, 2.24) is 0 Å². The summed E-state index contributed by atoms with van der Waals surface area (Å²) in [7, 11) is 1.35. The number of carbonyl (C=O) groups excluding carboxylic acids is 1. The molecule has 0 saturated heterocycles. The summed E-state index contributed by atoms with van der Waals surface area (Å²) in [5.74, 6) is -0.0124. The average molecular weight is 230 g/mol. The Balaban J connectivity index is 3.09. The molecule has 1 aromatic carbocycles. The second kappa shape index (κ2) is 5.44. The van der Waals surface area contributed by atoms with Crippen LogP contribution in [0.25, 0.3) is 0 Å². The standard InChI is InChI=1S/C11H12F2O3/c1-7(14)6-8-4-3-5-9(15-2)10(8)16-11(12)13/h3-5,11H,6H2,1-2H3. The third-order valence-corrected chi connectivity index (χ3v) is 1.93. The van der Waals surface area contributed by atoms with E-state index in [-0.39, 0.29) is 23.7 Å². The highest BCUT2D eigenvalue weighted by atomic mass is 19.3. The van der Waals surface area contributed by atoms with Crippen molar-refractivity contribution in [2.45, 2.75) is 20.0 Å². The van der Waals surface area contributed by atoms with Gasteiger partial charge in [0.15, 0.2) is 11.5 Å². The zero-order chi connectivity index (χ0) is 12.1. The van der Waals surface area contributed by atoms with Crippen LogP contribution in [0.4, 0.5) is 8.78 Å². The summed E-state index contributed by atoms with van der Waals surface area (Å²) in [6.07, 6.45) is 0.0409. The van der Waals surface area contributed by atoms with Crippen molar-refractivity contribution in [3.8, 4) is 11.5 Å². The number of methoxy groups -OCH3 is 1. The highest BCUT2D eigenvalue weighted by Crippen LogP contribution is 2.32. The molecular weight excluding hydrogens is 218 g/mol. The number of ketones is 1. The molecule has 0 saturated carbocycles. The molecule has 0 amide bonds. The van der Waals surface area contributed by atoms with Gasteiger partial charge in [-0.15, -0.1) is 0 Å². The molecule has 0 heterocycles. The van der Waals surface area contributed by atoms with Crippen LogP contribution < -0.4 is 9.47 Å². The summed E-state index contributed by atoms with van der Waals surface area (Å²) in [4.78, 5) is 11.0. The van der Waals surface area contributed by atoms with Crippen LogP contribution >= 0.6 is 0 Å². The van der Waals surface area contributed by atoms with E-state index in [1.165, 1.54) is 20.1 Å². The fourth-order valence-corrected chi connectivity index (χ4v) is 1.35. The SMILES string of the molecule is COc1cccc(CC(C)=O)c1OC(F)F. The Morgan fingerprint density at radius 3 is 2.62 bits per heavy atom. The van der Waals surface area contributed by atoms with Crippen LogP contribution in [0.2, 0.25) is 0 Å². The maximum absolute atomic E-state index is 12.2. The van der Waals surface area contributed by atoms with Crippen molar-refractivity contribution < 1.29 is 23.0 Å². The first-order valence-corrected chi connectivity index (χ1v) is 4.64. The predicted molar refractivity (Wildman–Crippen MR) is 54.0 cm³/mol. The second-order valence-electron chi connectivity index (χ2n) is 3.21. The number of hydrogen-bond acceptors (Lipinski definition) is 3. The van der Waals surface area contributed by atoms with E-state index < -0.39 is 6.61 Å². The number of ether oxygens (including phenoxy) is 2. The van der Waals surface area contributed by atoms with Gasteiger partial charge in [-0.05, 0) is 13.0 Å². The van der Waals surface area contributed by atoms with Gasteiger partial charge in [0.05, 0.1) is 7.11 Å². The molecule has 0 unspecified atom stereocenters. The lowest BCUT2D eigenvalue weighted by atomic mass is 10.1. The number of carbonyl (C=O) groups is 1. The van der Waals surface area contributed by atoms with Crippen LogP contribution in [0, 0.1) is 0 Å². The van der Waals surface area contributed by atoms with E-state index in [0.29, 0.717) is 5.56 Å². The van der Waals surface area contributed by atoms with Gasteiger partial charge in [0.25, 0.3) is 0 Å². The predicted octanol–water partition coefficient (Wildman–Crippen LogP) is 2.43. The number of benzene rings is 1. The number of para-hydroxylation sites is 1. The van der Waals surface area contributed by atoms with E-state index in [2.05, 4.69) is 4.74 Å². The summed E-state index contributed by atoms with van der Waals surface area (Å²) in [5, 5.41) is 0. The number of halogens is 2. The molecule has 0 aliphatic heterocycles. The zero-order valence-corrected chi connectivity index (χ0v) is 9.00. The lowest BCUT2D eigenvalue weighted by molar-refractivity contribution is -0.116. The highest BCUT2D eigenvalue weighted by molar-refractivity contribution is 5.79. The summed E-state index contributed by atoms with van der Waals surface area (Å²) >= 11 is 0. The van der Waals surface area contributed by atoms with Gasteiger partial charge in [-0.25, -0.2) is 0 Å². The molecule has 0 bridgehead atoms. The molecule has 0 aromatic heterocycles. The van der Waals surface area contributed by atoms with E-state index in [9.17, 15) is 13.6 Å². The molecule has 0 aliphatic rings. The number of hydrogen-bond donors (Lipinski definition) is 0. The van der Waals surface area contributed by atoms with Crippen molar-refractivity contribution in [3.63, 3.8) is 0 Å². The van der Waals surface area contributed by atoms with E-state index in [1.807, 2.05) is 0 Å². The molecular formula is C11H12F2O3. The van der Waals surface area contributed by atoms with Crippen LogP contribution in [0.15, 0.2) is 18.2 Å². The zero-order valence-electron chi connectivity index (χ0n) is 9.00. The van der Waals surface area contributed by atoms with Crippen molar-refractivity contribution in [3.05, 3.63) is 23.8 Å². The van der Waals surface area contributed by atoms with E-state index in [4.69, 9.17) is 4.74 Å². The normalized spacial score (nSPS) is 10.3. The maximum atomic E-state index is 12.2. The third-order valence-electron chi connectivity index (χ3n) is 1.93. The molecule has 1 aromatic rings. The van der Waals surface area contributed by atoms with Crippen LogP contribution in [-0.4, -0.2) is 19.5 Å². The minimum atomic E-state index is -2.94. The monoisotopic (exact) mass is 230 g/mol. The number of alkyl halides is 2. The Kier molecular flexibility index (Phi) is 4.22. The van der Waals surface area contributed by atoms with Crippen molar-refractivity contribution in [2.75, 3.05) is 7.11 Å². The van der Waals surface area contributed by atoms with Gasteiger partial charge in [0.1, 0.15) is 5.78 Å². The molecule has 16 heavy (non-hydrogen) atoms. The number of rotatable bonds is 5. The highest BCUT2D eigenvalue weighted by Gasteiger charge is 2.15. The quantitative estimate of drug-likeness (QED) is 0.779. The fraction of sp³-hybridized carbons (Fsp3) is 0.364. The second-order valence-corrected chi connectivity index (χ2v) is 3.21. The maximum Gasteiger partial charge on any atom is 0.387 e. The van der Waals surface area contributed by atoms with Gasteiger partial charge in [0.2, 0.25) is 0 Å². The Labute approximate surface area is 92.0 Å². The molecule has 0 fully saturated rings. The Bertz CT molecular complexity index is 377. The molecule has 0 spiro atoms. The van der Waals surface area contributed by atoms with Crippen molar-refractivity contribution >= 4 is 5.78 Å². The minimum absolute atomic E-state index is 0.0409. The van der Waals surface area contributed by atoms with Gasteiger partial charge in [0, 0.05) is 12.0 Å². The van der Waals surface area contributed by atoms with Gasteiger partial charge in [-0.1, -0.05) is 12.1 Å². The van der Waals surface area contributed by atoms with Crippen LogP contribution in [0.5, 0.6) is 11.5 Å². The molecule has 0 aliphatic carbocycles.